The Bertz CT molecular complexity index is 574. The van der Waals surface area contributed by atoms with E-state index in [9.17, 15) is 8.42 Å². The van der Waals surface area contributed by atoms with Crippen molar-refractivity contribution in [2.75, 3.05) is 11.9 Å². The molecule has 1 heterocycles. The van der Waals surface area contributed by atoms with Gasteiger partial charge in [-0.2, -0.15) is 0 Å². The van der Waals surface area contributed by atoms with Crippen LogP contribution in [-0.2, 0) is 10.0 Å². The number of aromatic nitrogens is 1. The van der Waals surface area contributed by atoms with Crippen LogP contribution in [0.25, 0.3) is 0 Å². The topological polar surface area (TPSA) is 71.1 Å². The summed E-state index contributed by atoms with van der Waals surface area (Å²) in [4.78, 5) is 4.36. The van der Waals surface area contributed by atoms with E-state index >= 15 is 0 Å². The summed E-state index contributed by atoms with van der Waals surface area (Å²) < 4.78 is 28.7. The smallest absolute Gasteiger partial charge is 0.244 e. The summed E-state index contributed by atoms with van der Waals surface area (Å²) in [6, 6.07) is 1.58. The van der Waals surface area contributed by atoms with Crippen molar-refractivity contribution in [1.82, 2.24) is 9.71 Å². The van der Waals surface area contributed by atoms with Crippen LogP contribution in [0.1, 0.15) is 47.0 Å². The molecule has 0 unspecified atom stereocenters. The van der Waals surface area contributed by atoms with E-state index in [-0.39, 0.29) is 4.90 Å². The molecule has 0 saturated heterocycles. The van der Waals surface area contributed by atoms with Crippen LogP contribution < -0.4 is 10.0 Å². The second-order valence-corrected chi connectivity index (χ2v) is 8.23. The summed E-state index contributed by atoms with van der Waals surface area (Å²) in [6.45, 7) is 8.50. The molecule has 0 amide bonds. The zero-order chi connectivity index (χ0) is 16.1. The summed E-state index contributed by atoms with van der Waals surface area (Å²) >= 11 is 3.28. The van der Waals surface area contributed by atoms with Crippen molar-refractivity contribution in [3.63, 3.8) is 0 Å². The van der Waals surface area contributed by atoms with Crippen LogP contribution in [0.5, 0.6) is 0 Å². The van der Waals surface area contributed by atoms with Crippen molar-refractivity contribution in [2.24, 2.45) is 0 Å². The van der Waals surface area contributed by atoms with Crippen LogP contribution >= 0.6 is 15.9 Å². The summed E-state index contributed by atoms with van der Waals surface area (Å²) in [5.74, 6) is 0.389. The Hall–Kier alpha value is -0.660. The van der Waals surface area contributed by atoms with Crippen LogP contribution in [0.2, 0.25) is 0 Å². The first kappa shape index (κ1) is 18.4. The second kappa shape index (κ2) is 7.56. The summed E-state index contributed by atoms with van der Waals surface area (Å²) in [5.41, 5.74) is -0.488. The summed E-state index contributed by atoms with van der Waals surface area (Å²) in [5, 5.41) is 3.06. The number of sulfonamides is 1. The Kier molecular flexibility index (Phi) is 6.62. The summed E-state index contributed by atoms with van der Waals surface area (Å²) in [6.07, 6.45) is 4.17. The molecule has 0 radical (unpaired) electrons. The molecule has 0 aromatic carbocycles. The van der Waals surface area contributed by atoms with E-state index < -0.39 is 15.6 Å². The number of pyridine rings is 1. The van der Waals surface area contributed by atoms with Gasteiger partial charge >= 0.3 is 0 Å². The summed E-state index contributed by atoms with van der Waals surface area (Å²) in [7, 11) is -3.63. The normalized spacial score (nSPS) is 12.4. The molecule has 0 saturated carbocycles. The van der Waals surface area contributed by atoms with Crippen molar-refractivity contribution >= 4 is 31.8 Å². The van der Waals surface area contributed by atoms with Crippen molar-refractivity contribution < 1.29 is 8.42 Å². The molecule has 0 aliphatic carbocycles. The van der Waals surface area contributed by atoms with E-state index in [4.69, 9.17) is 0 Å². The minimum atomic E-state index is -3.63. The molecule has 1 rings (SSSR count). The molecule has 7 heteroatoms. The SMILES string of the molecule is CCCNc1ncc(Br)cc1S(=O)(=O)NC(C)(C)CCC. The fourth-order valence-corrected chi connectivity index (χ4v) is 4.18. The number of nitrogens with zero attached hydrogens (tertiary/aromatic N) is 1. The first-order valence-corrected chi connectivity index (χ1v) is 9.43. The molecule has 0 fully saturated rings. The molecule has 1 aromatic heterocycles. The third-order valence-corrected chi connectivity index (χ3v) is 5.08. The predicted octanol–water partition coefficient (Wildman–Crippen LogP) is 3.52. The van der Waals surface area contributed by atoms with Crippen LogP contribution in [0, 0.1) is 0 Å². The molecule has 0 spiro atoms. The highest BCUT2D eigenvalue weighted by atomic mass is 79.9. The third-order valence-electron chi connectivity index (χ3n) is 2.94. The Morgan fingerprint density at radius 1 is 1.29 bits per heavy atom. The maximum Gasteiger partial charge on any atom is 0.244 e. The van der Waals surface area contributed by atoms with Gasteiger partial charge in [-0.05, 0) is 48.7 Å². The quantitative estimate of drug-likeness (QED) is 0.726. The van der Waals surface area contributed by atoms with Gasteiger partial charge in [-0.25, -0.2) is 18.1 Å². The molecule has 0 aliphatic heterocycles. The maximum atomic E-state index is 12.6. The van der Waals surface area contributed by atoms with Gasteiger partial charge in [0.2, 0.25) is 10.0 Å². The van der Waals surface area contributed by atoms with Crippen LogP contribution in [0.3, 0.4) is 0 Å². The molecule has 21 heavy (non-hydrogen) atoms. The molecule has 1 aromatic rings. The Labute approximate surface area is 136 Å². The molecular formula is C14H24BrN3O2S. The number of hydrogen-bond donors (Lipinski definition) is 2. The van der Waals surface area contributed by atoms with Crippen molar-refractivity contribution in [3.8, 4) is 0 Å². The number of nitrogens with one attached hydrogen (secondary N) is 2. The lowest BCUT2D eigenvalue weighted by Gasteiger charge is -2.26. The lowest BCUT2D eigenvalue weighted by atomic mass is 10.0. The van der Waals surface area contributed by atoms with Gasteiger partial charge in [0.1, 0.15) is 10.7 Å². The van der Waals surface area contributed by atoms with Gasteiger partial charge in [0, 0.05) is 22.8 Å². The number of hydrogen-bond acceptors (Lipinski definition) is 4. The van der Waals surface area contributed by atoms with Crippen molar-refractivity contribution in [1.29, 1.82) is 0 Å². The van der Waals surface area contributed by atoms with E-state index in [1.54, 1.807) is 12.3 Å². The molecule has 0 bridgehead atoms. The monoisotopic (exact) mass is 377 g/mol. The van der Waals surface area contributed by atoms with E-state index in [2.05, 4.69) is 31.0 Å². The van der Waals surface area contributed by atoms with Crippen molar-refractivity contribution in [2.45, 2.75) is 57.4 Å². The highest BCUT2D eigenvalue weighted by molar-refractivity contribution is 9.10. The van der Waals surface area contributed by atoms with Gasteiger partial charge in [0.15, 0.2) is 0 Å². The number of rotatable bonds is 8. The fraction of sp³-hybridized carbons (Fsp3) is 0.643. The van der Waals surface area contributed by atoms with Crippen LogP contribution in [0.4, 0.5) is 5.82 Å². The number of halogens is 1. The van der Waals surface area contributed by atoms with Gasteiger partial charge < -0.3 is 5.32 Å². The second-order valence-electron chi connectivity index (χ2n) is 5.67. The zero-order valence-corrected chi connectivity index (χ0v) is 15.4. The average molecular weight is 378 g/mol. The Balaban J connectivity index is 3.14. The van der Waals surface area contributed by atoms with Gasteiger partial charge in [-0.3, -0.25) is 0 Å². The number of anilines is 1. The van der Waals surface area contributed by atoms with Gasteiger partial charge in [0.25, 0.3) is 0 Å². The lowest BCUT2D eigenvalue weighted by Crippen LogP contribution is -2.43. The predicted molar refractivity (Wildman–Crippen MR) is 90.0 cm³/mol. The van der Waals surface area contributed by atoms with Gasteiger partial charge in [0.05, 0.1) is 0 Å². The van der Waals surface area contributed by atoms with Gasteiger partial charge in [-0.15, -0.1) is 0 Å². The van der Waals surface area contributed by atoms with Crippen LogP contribution in [-0.4, -0.2) is 25.5 Å². The van der Waals surface area contributed by atoms with E-state index in [1.165, 1.54) is 0 Å². The first-order valence-electron chi connectivity index (χ1n) is 7.15. The van der Waals surface area contributed by atoms with E-state index in [0.29, 0.717) is 16.8 Å². The maximum absolute atomic E-state index is 12.6. The molecule has 0 aliphatic rings. The van der Waals surface area contributed by atoms with Gasteiger partial charge in [-0.1, -0.05) is 20.3 Å². The average Bonchev–Trinajstić information content (AvgIpc) is 2.35. The Morgan fingerprint density at radius 2 is 1.95 bits per heavy atom. The minimum Gasteiger partial charge on any atom is -0.369 e. The molecule has 2 N–H and O–H groups in total. The lowest BCUT2D eigenvalue weighted by molar-refractivity contribution is 0.418. The largest absolute Gasteiger partial charge is 0.369 e. The zero-order valence-electron chi connectivity index (χ0n) is 13.0. The van der Waals surface area contributed by atoms with E-state index in [0.717, 1.165) is 19.3 Å². The first-order chi connectivity index (χ1) is 9.72. The Morgan fingerprint density at radius 3 is 2.52 bits per heavy atom. The standard InChI is InChI=1S/C14H24BrN3O2S/c1-5-7-14(3,4)18-21(19,20)12-9-11(15)10-17-13(12)16-8-6-2/h9-10,18H,5-8H2,1-4H3,(H,16,17). The molecular weight excluding hydrogens is 354 g/mol. The third kappa shape index (κ3) is 5.56. The molecule has 120 valence electrons. The fourth-order valence-electron chi connectivity index (χ4n) is 2.10. The highest BCUT2D eigenvalue weighted by Crippen LogP contribution is 2.25. The van der Waals surface area contributed by atoms with E-state index in [1.807, 2.05) is 27.7 Å². The minimum absolute atomic E-state index is 0.175. The van der Waals surface area contributed by atoms with Crippen molar-refractivity contribution in [3.05, 3.63) is 16.7 Å². The van der Waals surface area contributed by atoms with Crippen LogP contribution in [0.15, 0.2) is 21.6 Å². The highest BCUT2D eigenvalue weighted by Gasteiger charge is 2.28. The molecule has 0 atom stereocenters. The molecule has 5 nitrogen and oxygen atoms in total.